The second kappa shape index (κ2) is 5.35. The summed E-state index contributed by atoms with van der Waals surface area (Å²) in [6, 6.07) is 4.94. The van der Waals surface area contributed by atoms with E-state index in [4.69, 9.17) is 0 Å². The predicted octanol–water partition coefficient (Wildman–Crippen LogP) is 2.41. The third-order valence-electron chi connectivity index (χ3n) is 4.61. The highest BCUT2D eigenvalue weighted by Crippen LogP contribution is 2.35. The lowest BCUT2D eigenvalue weighted by Gasteiger charge is -2.34. The third-order valence-corrected chi connectivity index (χ3v) is 6.44. The highest BCUT2D eigenvalue weighted by Gasteiger charge is 2.34. The molecule has 2 aliphatic rings. The molecule has 0 aromatic heterocycles. The van der Waals surface area contributed by atoms with Crippen LogP contribution < -0.4 is 5.32 Å². The van der Waals surface area contributed by atoms with Crippen molar-refractivity contribution in [2.75, 3.05) is 18.4 Å². The van der Waals surface area contributed by atoms with E-state index in [0.717, 1.165) is 17.7 Å². The van der Waals surface area contributed by atoms with Crippen LogP contribution in [0.5, 0.6) is 0 Å². The molecule has 1 aromatic carbocycles. The van der Waals surface area contributed by atoms with Crippen molar-refractivity contribution in [2.24, 2.45) is 11.8 Å². The summed E-state index contributed by atoms with van der Waals surface area (Å²) in [5.74, 6) is 0.361. The number of rotatable bonds is 2. The summed E-state index contributed by atoms with van der Waals surface area (Å²) < 4.78 is 27.4. The smallest absolute Gasteiger partial charge is 0.243 e. The number of carbonyl (C=O) groups excluding carboxylic acids is 1. The van der Waals surface area contributed by atoms with Gasteiger partial charge >= 0.3 is 0 Å². The van der Waals surface area contributed by atoms with Crippen LogP contribution in [0.25, 0.3) is 0 Å². The van der Waals surface area contributed by atoms with E-state index >= 15 is 0 Å². The van der Waals surface area contributed by atoms with Gasteiger partial charge in [-0.1, -0.05) is 13.8 Å². The third kappa shape index (κ3) is 2.54. The van der Waals surface area contributed by atoms with E-state index in [1.54, 1.807) is 29.4 Å². The van der Waals surface area contributed by atoms with Crippen molar-refractivity contribution in [3.63, 3.8) is 0 Å². The summed E-state index contributed by atoms with van der Waals surface area (Å²) in [6.45, 7) is 7.10. The molecule has 1 fully saturated rings. The quantitative estimate of drug-likeness (QED) is 0.909. The molecule has 0 saturated carbocycles. The molecule has 1 N–H and O–H groups in total. The number of nitrogens with zero attached hydrogens (tertiary/aromatic N) is 1. The Morgan fingerprint density at radius 2 is 1.77 bits per heavy atom. The normalized spacial score (nSPS) is 29.2. The van der Waals surface area contributed by atoms with Crippen LogP contribution in [0.4, 0.5) is 5.69 Å². The lowest BCUT2D eigenvalue weighted by Crippen LogP contribution is -2.42. The molecule has 3 atom stereocenters. The number of sulfonamides is 1. The number of benzene rings is 1. The SMILES string of the molecule is C[C@H]1C[C@H](C)CN(S(=O)(=O)c2ccc3c(c2)[C@H](C)C(=O)N3)C1. The Bertz CT molecular complexity index is 704. The minimum atomic E-state index is -3.50. The van der Waals surface area contributed by atoms with Gasteiger partial charge in [0.25, 0.3) is 0 Å². The van der Waals surface area contributed by atoms with Crippen LogP contribution in [0.2, 0.25) is 0 Å². The lowest BCUT2D eigenvalue weighted by atomic mass is 9.94. The van der Waals surface area contributed by atoms with Crippen molar-refractivity contribution >= 4 is 21.6 Å². The van der Waals surface area contributed by atoms with Crippen molar-refractivity contribution in [3.05, 3.63) is 23.8 Å². The van der Waals surface area contributed by atoms with E-state index in [1.165, 1.54) is 0 Å². The van der Waals surface area contributed by atoms with Crippen molar-refractivity contribution in [3.8, 4) is 0 Å². The minimum Gasteiger partial charge on any atom is -0.325 e. The summed E-state index contributed by atoms with van der Waals surface area (Å²) in [4.78, 5) is 12.0. The monoisotopic (exact) mass is 322 g/mol. The Kier molecular flexibility index (Phi) is 3.77. The zero-order chi connectivity index (χ0) is 16.1. The maximum atomic E-state index is 12.9. The largest absolute Gasteiger partial charge is 0.325 e. The number of anilines is 1. The Balaban J connectivity index is 1.95. The van der Waals surface area contributed by atoms with Gasteiger partial charge in [-0.15, -0.1) is 0 Å². The maximum absolute atomic E-state index is 12.9. The van der Waals surface area contributed by atoms with Crippen molar-refractivity contribution in [1.29, 1.82) is 0 Å². The van der Waals surface area contributed by atoms with E-state index in [9.17, 15) is 13.2 Å². The van der Waals surface area contributed by atoms with E-state index < -0.39 is 10.0 Å². The molecule has 0 radical (unpaired) electrons. The van der Waals surface area contributed by atoms with Crippen LogP contribution >= 0.6 is 0 Å². The van der Waals surface area contributed by atoms with E-state index in [-0.39, 0.29) is 16.7 Å². The molecule has 6 heteroatoms. The second-order valence-corrected chi connectivity index (χ2v) is 8.67. The van der Waals surface area contributed by atoms with Gasteiger partial charge in [0, 0.05) is 18.8 Å². The van der Waals surface area contributed by atoms with Gasteiger partial charge in [0.15, 0.2) is 0 Å². The number of piperidine rings is 1. The molecule has 1 saturated heterocycles. The minimum absolute atomic E-state index is 0.0789. The number of amides is 1. The number of hydrogen-bond donors (Lipinski definition) is 1. The molecule has 2 heterocycles. The standard InChI is InChI=1S/C16H22N2O3S/c1-10-6-11(2)9-18(8-10)22(20,21)13-4-5-15-14(7-13)12(3)16(19)17-15/h4-5,7,10-12H,6,8-9H2,1-3H3,(H,17,19)/t10-,11-,12-/m0/s1. The summed E-state index contributed by atoms with van der Waals surface area (Å²) >= 11 is 0. The van der Waals surface area contributed by atoms with Crippen molar-refractivity contribution < 1.29 is 13.2 Å². The Hall–Kier alpha value is -1.40. The highest BCUT2D eigenvalue weighted by molar-refractivity contribution is 7.89. The zero-order valence-corrected chi connectivity index (χ0v) is 14.0. The molecule has 22 heavy (non-hydrogen) atoms. The van der Waals surface area contributed by atoms with Crippen LogP contribution in [-0.2, 0) is 14.8 Å². The molecule has 0 bridgehead atoms. The van der Waals surface area contributed by atoms with E-state index in [0.29, 0.717) is 24.9 Å². The first kappa shape index (κ1) is 15.5. The molecule has 5 nitrogen and oxygen atoms in total. The van der Waals surface area contributed by atoms with Crippen LogP contribution in [-0.4, -0.2) is 31.7 Å². The fourth-order valence-electron chi connectivity index (χ4n) is 3.51. The molecule has 1 aromatic rings. The Labute approximate surface area is 131 Å². The molecule has 0 spiro atoms. The van der Waals surface area contributed by atoms with Gasteiger partial charge in [0.05, 0.1) is 10.8 Å². The van der Waals surface area contributed by atoms with Crippen molar-refractivity contribution in [2.45, 2.75) is 38.0 Å². The summed E-state index contributed by atoms with van der Waals surface area (Å²) in [6.07, 6.45) is 1.06. The van der Waals surface area contributed by atoms with Gasteiger partial charge in [-0.25, -0.2) is 8.42 Å². The molecule has 0 aliphatic carbocycles. The van der Waals surface area contributed by atoms with Crippen LogP contribution in [0.3, 0.4) is 0 Å². The fourth-order valence-corrected chi connectivity index (χ4v) is 5.22. The molecular formula is C16H22N2O3S. The average molecular weight is 322 g/mol. The Morgan fingerprint density at radius 3 is 2.41 bits per heavy atom. The maximum Gasteiger partial charge on any atom is 0.243 e. The summed E-state index contributed by atoms with van der Waals surface area (Å²) in [5, 5.41) is 2.77. The predicted molar refractivity (Wildman–Crippen MR) is 85.2 cm³/mol. The first-order valence-corrected chi connectivity index (χ1v) is 9.18. The average Bonchev–Trinajstić information content (AvgIpc) is 2.73. The Morgan fingerprint density at radius 1 is 1.14 bits per heavy atom. The molecule has 120 valence electrons. The fraction of sp³-hybridized carbons (Fsp3) is 0.562. The van der Waals surface area contributed by atoms with Gasteiger partial charge in [-0.05, 0) is 48.9 Å². The first-order chi connectivity index (χ1) is 10.3. The topological polar surface area (TPSA) is 66.5 Å². The summed E-state index contributed by atoms with van der Waals surface area (Å²) in [7, 11) is -3.50. The zero-order valence-electron chi connectivity index (χ0n) is 13.2. The first-order valence-electron chi connectivity index (χ1n) is 7.74. The van der Waals surface area contributed by atoms with E-state index in [2.05, 4.69) is 19.2 Å². The number of carbonyl (C=O) groups is 1. The molecular weight excluding hydrogens is 300 g/mol. The summed E-state index contributed by atoms with van der Waals surface area (Å²) in [5.41, 5.74) is 1.49. The lowest BCUT2D eigenvalue weighted by molar-refractivity contribution is -0.116. The van der Waals surface area contributed by atoms with Crippen molar-refractivity contribution in [1.82, 2.24) is 4.31 Å². The van der Waals surface area contributed by atoms with Gasteiger partial charge in [-0.2, -0.15) is 4.31 Å². The van der Waals surface area contributed by atoms with Gasteiger partial charge in [-0.3, -0.25) is 4.79 Å². The molecule has 0 unspecified atom stereocenters. The number of nitrogens with one attached hydrogen (secondary N) is 1. The van der Waals surface area contributed by atoms with Gasteiger partial charge in [0.1, 0.15) is 0 Å². The number of hydrogen-bond acceptors (Lipinski definition) is 3. The highest BCUT2D eigenvalue weighted by atomic mass is 32.2. The molecule has 3 rings (SSSR count). The van der Waals surface area contributed by atoms with Gasteiger partial charge in [0.2, 0.25) is 15.9 Å². The van der Waals surface area contributed by atoms with Crippen LogP contribution in [0.1, 0.15) is 38.7 Å². The van der Waals surface area contributed by atoms with Crippen LogP contribution in [0, 0.1) is 11.8 Å². The second-order valence-electron chi connectivity index (χ2n) is 6.73. The van der Waals surface area contributed by atoms with E-state index in [1.807, 2.05) is 0 Å². The van der Waals surface area contributed by atoms with Gasteiger partial charge < -0.3 is 5.32 Å². The van der Waals surface area contributed by atoms with Crippen LogP contribution in [0.15, 0.2) is 23.1 Å². The molecule has 1 amide bonds. The number of fused-ring (bicyclic) bond motifs is 1. The molecule has 2 aliphatic heterocycles.